The minimum absolute atomic E-state index is 0.475. The molecule has 18 heavy (non-hydrogen) atoms. The molecule has 0 heterocycles. The average Bonchev–Trinajstić information content (AvgIpc) is 3.11. The van der Waals surface area contributed by atoms with Crippen molar-refractivity contribution in [2.45, 2.75) is 26.2 Å². The fourth-order valence-corrected chi connectivity index (χ4v) is 2.21. The predicted octanol–water partition coefficient (Wildman–Crippen LogP) is 2.97. The molecular weight excluding hydrogens is 228 g/mol. The third kappa shape index (κ3) is 3.13. The molecule has 1 aliphatic carbocycles. The van der Waals surface area contributed by atoms with E-state index in [1.54, 1.807) is 7.11 Å². The molecule has 1 fully saturated rings. The van der Waals surface area contributed by atoms with Crippen LogP contribution in [0, 0.1) is 12.8 Å². The minimum atomic E-state index is -0.845. The number of carboxylic acid groups (broad SMARTS) is 1. The summed E-state index contributed by atoms with van der Waals surface area (Å²) in [6, 6.07) is 6.01. The van der Waals surface area contributed by atoms with Crippen LogP contribution in [0.15, 0.2) is 29.8 Å². The molecule has 0 aliphatic heterocycles. The summed E-state index contributed by atoms with van der Waals surface area (Å²) < 4.78 is 5.22. The fourth-order valence-electron chi connectivity index (χ4n) is 2.21. The maximum atomic E-state index is 10.8. The van der Waals surface area contributed by atoms with E-state index >= 15 is 0 Å². The molecule has 3 nitrogen and oxygen atoms in total. The number of carboxylic acids is 1. The Morgan fingerprint density at radius 1 is 1.50 bits per heavy atom. The highest BCUT2D eigenvalue weighted by Crippen LogP contribution is 2.38. The summed E-state index contributed by atoms with van der Waals surface area (Å²) in [5.41, 5.74) is 3.26. The first-order chi connectivity index (χ1) is 8.60. The summed E-state index contributed by atoms with van der Waals surface area (Å²) in [5, 5.41) is 8.88. The van der Waals surface area contributed by atoms with Crippen LogP contribution in [0.4, 0.5) is 0 Å². The summed E-state index contributed by atoms with van der Waals surface area (Å²) in [6.07, 6.45) is 4.33. The Bertz CT molecular complexity index is 485. The molecule has 1 saturated carbocycles. The number of hydrogen-bond donors (Lipinski definition) is 1. The highest BCUT2D eigenvalue weighted by atomic mass is 16.5. The highest BCUT2D eigenvalue weighted by Gasteiger charge is 2.26. The van der Waals surface area contributed by atoms with E-state index < -0.39 is 5.97 Å². The zero-order chi connectivity index (χ0) is 13.1. The van der Waals surface area contributed by atoms with Gasteiger partial charge in [0.15, 0.2) is 0 Å². The number of benzene rings is 1. The van der Waals surface area contributed by atoms with Crippen LogP contribution in [0.1, 0.15) is 24.0 Å². The molecule has 0 atom stereocenters. The van der Waals surface area contributed by atoms with Gasteiger partial charge < -0.3 is 9.84 Å². The Kier molecular flexibility index (Phi) is 3.70. The molecule has 0 saturated heterocycles. The summed E-state index contributed by atoms with van der Waals surface area (Å²) >= 11 is 0. The number of aliphatic carboxylic acids is 1. The molecule has 3 heteroatoms. The van der Waals surface area contributed by atoms with Crippen LogP contribution in [-0.4, -0.2) is 18.2 Å². The Labute approximate surface area is 107 Å². The Balaban J connectivity index is 2.16. The molecule has 2 rings (SSSR count). The lowest BCUT2D eigenvalue weighted by Crippen LogP contribution is -1.99. The predicted molar refractivity (Wildman–Crippen MR) is 69.9 cm³/mol. The van der Waals surface area contributed by atoms with Gasteiger partial charge in [-0.3, -0.25) is 0 Å². The maximum Gasteiger partial charge on any atom is 0.328 e. The number of rotatable bonds is 5. The second-order valence-electron chi connectivity index (χ2n) is 4.81. The van der Waals surface area contributed by atoms with Crippen molar-refractivity contribution in [2.24, 2.45) is 5.92 Å². The summed E-state index contributed by atoms with van der Waals surface area (Å²) in [6.45, 7) is 2.00. The Morgan fingerprint density at radius 2 is 2.22 bits per heavy atom. The van der Waals surface area contributed by atoms with E-state index in [0.29, 0.717) is 5.92 Å². The lowest BCUT2D eigenvalue weighted by molar-refractivity contribution is -0.131. The largest absolute Gasteiger partial charge is 0.496 e. The molecule has 0 amide bonds. The van der Waals surface area contributed by atoms with Crippen LogP contribution < -0.4 is 4.74 Å². The SMILES string of the molecule is COc1ccc(C/C(=C/C(=O)O)C2CC2)cc1C. The zero-order valence-corrected chi connectivity index (χ0v) is 10.8. The van der Waals surface area contributed by atoms with Crippen LogP contribution in [0.25, 0.3) is 0 Å². The van der Waals surface area contributed by atoms with E-state index in [-0.39, 0.29) is 0 Å². The van der Waals surface area contributed by atoms with Crippen molar-refractivity contribution < 1.29 is 14.6 Å². The van der Waals surface area contributed by atoms with Gasteiger partial charge in [0, 0.05) is 6.08 Å². The highest BCUT2D eigenvalue weighted by molar-refractivity contribution is 5.81. The standard InChI is InChI=1S/C15H18O3/c1-10-7-11(3-6-14(10)18-2)8-13(9-15(16)17)12-4-5-12/h3,6-7,9,12H,4-5,8H2,1-2H3,(H,16,17)/b13-9-. The van der Waals surface area contributed by atoms with Gasteiger partial charge in [-0.05, 0) is 49.3 Å². The van der Waals surface area contributed by atoms with Gasteiger partial charge in [0.05, 0.1) is 7.11 Å². The number of ether oxygens (including phenoxy) is 1. The summed E-state index contributed by atoms with van der Waals surface area (Å²) in [4.78, 5) is 10.8. The van der Waals surface area contributed by atoms with E-state index in [1.165, 1.54) is 6.08 Å². The average molecular weight is 246 g/mol. The van der Waals surface area contributed by atoms with Gasteiger partial charge in [-0.25, -0.2) is 4.79 Å². The first kappa shape index (κ1) is 12.7. The Hall–Kier alpha value is -1.77. The molecule has 0 unspecified atom stereocenters. The summed E-state index contributed by atoms with van der Waals surface area (Å²) in [7, 11) is 1.65. The quantitative estimate of drug-likeness (QED) is 0.812. The normalized spacial score (nSPS) is 15.6. The van der Waals surface area contributed by atoms with Gasteiger partial charge in [0.25, 0.3) is 0 Å². The van der Waals surface area contributed by atoms with Crippen molar-refractivity contribution >= 4 is 5.97 Å². The number of allylic oxidation sites excluding steroid dienone is 1. The van der Waals surface area contributed by atoms with Crippen LogP contribution >= 0.6 is 0 Å². The van der Waals surface area contributed by atoms with Crippen molar-refractivity contribution in [2.75, 3.05) is 7.11 Å². The number of methoxy groups -OCH3 is 1. The second kappa shape index (κ2) is 5.25. The van der Waals surface area contributed by atoms with Crippen molar-refractivity contribution in [1.82, 2.24) is 0 Å². The number of aryl methyl sites for hydroxylation is 1. The van der Waals surface area contributed by atoms with Gasteiger partial charge in [-0.1, -0.05) is 17.7 Å². The van der Waals surface area contributed by atoms with Gasteiger partial charge in [0.1, 0.15) is 5.75 Å². The van der Waals surface area contributed by atoms with Crippen LogP contribution in [0.3, 0.4) is 0 Å². The first-order valence-corrected chi connectivity index (χ1v) is 6.17. The lowest BCUT2D eigenvalue weighted by Gasteiger charge is -2.09. The van der Waals surface area contributed by atoms with E-state index in [2.05, 4.69) is 6.07 Å². The van der Waals surface area contributed by atoms with Crippen molar-refractivity contribution in [3.8, 4) is 5.75 Å². The van der Waals surface area contributed by atoms with Crippen molar-refractivity contribution in [1.29, 1.82) is 0 Å². The van der Waals surface area contributed by atoms with Crippen molar-refractivity contribution in [3.63, 3.8) is 0 Å². The molecule has 96 valence electrons. The molecule has 0 bridgehead atoms. The third-order valence-corrected chi connectivity index (χ3v) is 3.28. The van der Waals surface area contributed by atoms with E-state index in [1.807, 2.05) is 19.1 Å². The van der Waals surface area contributed by atoms with Crippen LogP contribution in [0.5, 0.6) is 5.75 Å². The van der Waals surface area contributed by atoms with E-state index in [4.69, 9.17) is 9.84 Å². The molecule has 1 aromatic rings. The first-order valence-electron chi connectivity index (χ1n) is 6.17. The molecule has 0 spiro atoms. The van der Waals surface area contributed by atoms with Crippen molar-refractivity contribution in [3.05, 3.63) is 41.0 Å². The molecule has 1 aliphatic rings. The van der Waals surface area contributed by atoms with Crippen LogP contribution in [-0.2, 0) is 11.2 Å². The van der Waals surface area contributed by atoms with Gasteiger partial charge >= 0.3 is 5.97 Å². The zero-order valence-electron chi connectivity index (χ0n) is 10.8. The molecule has 1 N–H and O–H groups in total. The second-order valence-corrected chi connectivity index (χ2v) is 4.81. The van der Waals surface area contributed by atoms with Crippen LogP contribution in [0.2, 0.25) is 0 Å². The third-order valence-electron chi connectivity index (χ3n) is 3.28. The molecule has 1 aromatic carbocycles. The van der Waals surface area contributed by atoms with E-state index in [9.17, 15) is 4.79 Å². The van der Waals surface area contributed by atoms with E-state index in [0.717, 1.165) is 41.7 Å². The topological polar surface area (TPSA) is 46.5 Å². The lowest BCUT2D eigenvalue weighted by atomic mass is 9.99. The molecular formula is C15H18O3. The van der Waals surface area contributed by atoms with Gasteiger partial charge in [-0.15, -0.1) is 0 Å². The maximum absolute atomic E-state index is 10.8. The monoisotopic (exact) mass is 246 g/mol. The fraction of sp³-hybridized carbons (Fsp3) is 0.400. The minimum Gasteiger partial charge on any atom is -0.496 e. The number of carbonyl (C=O) groups is 1. The molecule has 0 aromatic heterocycles. The van der Waals surface area contributed by atoms with Gasteiger partial charge in [-0.2, -0.15) is 0 Å². The molecule has 0 radical (unpaired) electrons. The number of hydrogen-bond acceptors (Lipinski definition) is 2. The summed E-state index contributed by atoms with van der Waals surface area (Å²) in [5.74, 6) is 0.500. The smallest absolute Gasteiger partial charge is 0.328 e. The Morgan fingerprint density at radius 3 is 2.72 bits per heavy atom. The van der Waals surface area contributed by atoms with Gasteiger partial charge in [0.2, 0.25) is 0 Å².